The van der Waals surface area contributed by atoms with E-state index in [1.54, 1.807) is 0 Å². The maximum atomic E-state index is 5.71. The predicted octanol–water partition coefficient (Wildman–Crippen LogP) is 2.53. The fourth-order valence-corrected chi connectivity index (χ4v) is 1.84. The third-order valence-corrected chi connectivity index (χ3v) is 2.77. The Morgan fingerprint density at radius 2 is 2.07 bits per heavy atom. The average Bonchev–Trinajstić information content (AvgIpc) is 1.99. The van der Waals surface area contributed by atoms with Gasteiger partial charge >= 0.3 is 0 Å². The van der Waals surface area contributed by atoms with Gasteiger partial charge in [-0.15, -0.1) is 0 Å². The topological polar surface area (TPSA) is 12.5 Å². The molecule has 2 nitrogen and oxygen atoms in total. The van der Waals surface area contributed by atoms with Crippen molar-refractivity contribution in [3.05, 3.63) is 0 Å². The van der Waals surface area contributed by atoms with E-state index in [1.165, 1.54) is 38.8 Å². The molecule has 0 aromatic heterocycles. The molecule has 1 saturated carbocycles. The molecule has 0 N–H and O–H groups in total. The zero-order valence-corrected chi connectivity index (χ0v) is 9.96. The lowest BCUT2D eigenvalue weighted by Gasteiger charge is -2.26. The van der Waals surface area contributed by atoms with Crippen LogP contribution < -0.4 is 0 Å². The second-order valence-electron chi connectivity index (χ2n) is 4.93. The van der Waals surface area contributed by atoms with Crippen LogP contribution in [-0.4, -0.2) is 37.7 Å². The van der Waals surface area contributed by atoms with Crippen LogP contribution in [0.4, 0.5) is 0 Å². The fraction of sp³-hybridized carbons (Fsp3) is 1.00. The van der Waals surface area contributed by atoms with Gasteiger partial charge in [-0.25, -0.2) is 0 Å². The smallest absolute Gasteiger partial charge is 0.0575 e. The summed E-state index contributed by atoms with van der Waals surface area (Å²) >= 11 is 0. The molecule has 0 bridgehead atoms. The first-order valence-electron chi connectivity index (χ1n) is 5.98. The minimum Gasteiger partial charge on any atom is -0.378 e. The number of hydrogen-bond donors (Lipinski definition) is 0. The summed E-state index contributed by atoms with van der Waals surface area (Å²) in [5, 5.41) is 0. The van der Waals surface area contributed by atoms with Crippen LogP contribution in [0, 0.1) is 5.92 Å². The normalized spacial score (nSPS) is 17.8. The molecule has 2 heteroatoms. The van der Waals surface area contributed by atoms with Gasteiger partial charge in [-0.05, 0) is 38.6 Å². The van der Waals surface area contributed by atoms with Crippen LogP contribution in [0.25, 0.3) is 0 Å². The third kappa shape index (κ3) is 4.97. The van der Waals surface area contributed by atoms with Crippen LogP contribution >= 0.6 is 0 Å². The minimum absolute atomic E-state index is 0.602. The highest BCUT2D eigenvalue weighted by molar-refractivity contribution is 4.69. The monoisotopic (exact) mass is 199 g/mol. The molecule has 1 aliphatic carbocycles. The number of hydrogen-bond acceptors (Lipinski definition) is 2. The maximum Gasteiger partial charge on any atom is 0.0575 e. The van der Waals surface area contributed by atoms with Gasteiger partial charge < -0.3 is 9.64 Å². The van der Waals surface area contributed by atoms with Gasteiger partial charge in [0.05, 0.1) is 6.10 Å². The van der Waals surface area contributed by atoms with E-state index in [9.17, 15) is 0 Å². The van der Waals surface area contributed by atoms with Gasteiger partial charge in [-0.3, -0.25) is 0 Å². The summed E-state index contributed by atoms with van der Waals surface area (Å²) in [4.78, 5) is 2.40. The van der Waals surface area contributed by atoms with Gasteiger partial charge in [0.25, 0.3) is 0 Å². The van der Waals surface area contributed by atoms with E-state index in [0.29, 0.717) is 6.10 Å². The van der Waals surface area contributed by atoms with Gasteiger partial charge in [0, 0.05) is 19.7 Å². The van der Waals surface area contributed by atoms with Crippen molar-refractivity contribution in [1.29, 1.82) is 0 Å². The van der Waals surface area contributed by atoms with E-state index in [4.69, 9.17) is 4.74 Å². The summed E-state index contributed by atoms with van der Waals surface area (Å²) in [6.45, 7) is 7.85. The second-order valence-corrected chi connectivity index (χ2v) is 4.93. The SMILES string of the molecule is CC(C)CN(C)CCCOC1CCC1. The maximum absolute atomic E-state index is 5.71. The van der Waals surface area contributed by atoms with Gasteiger partial charge in [0.15, 0.2) is 0 Å². The Hall–Kier alpha value is -0.0800. The first kappa shape index (κ1) is 12.0. The van der Waals surface area contributed by atoms with Crippen molar-refractivity contribution >= 4 is 0 Å². The molecule has 0 unspecified atom stereocenters. The first-order chi connectivity index (χ1) is 6.68. The van der Waals surface area contributed by atoms with E-state index < -0.39 is 0 Å². The summed E-state index contributed by atoms with van der Waals surface area (Å²) in [6.07, 6.45) is 5.74. The van der Waals surface area contributed by atoms with Gasteiger partial charge in [-0.2, -0.15) is 0 Å². The molecule has 1 fully saturated rings. The second kappa shape index (κ2) is 6.41. The molecule has 0 aromatic rings. The van der Waals surface area contributed by atoms with E-state index in [-0.39, 0.29) is 0 Å². The van der Waals surface area contributed by atoms with Gasteiger partial charge in [0.2, 0.25) is 0 Å². The van der Waals surface area contributed by atoms with Crippen LogP contribution in [0.5, 0.6) is 0 Å². The molecule has 0 aliphatic heterocycles. The molecule has 1 rings (SSSR count). The molecule has 84 valence electrons. The summed E-state index contributed by atoms with van der Waals surface area (Å²) in [5.74, 6) is 0.771. The Bertz CT molecular complexity index is 143. The summed E-state index contributed by atoms with van der Waals surface area (Å²) in [6, 6.07) is 0. The van der Waals surface area contributed by atoms with E-state index in [0.717, 1.165) is 12.5 Å². The standard InChI is InChI=1S/C12H25NO/c1-11(2)10-13(3)8-5-9-14-12-6-4-7-12/h11-12H,4-10H2,1-3H3. The molecule has 0 aromatic carbocycles. The lowest BCUT2D eigenvalue weighted by Crippen LogP contribution is -2.27. The highest BCUT2D eigenvalue weighted by Gasteiger charge is 2.17. The number of nitrogens with zero attached hydrogens (tertiary/aromatic N) is 1. The molecule has 0 heterocycles. The van der Waals surface area contributed by atoms with Crippen molar-refractivity contribution in [3.63, 3.8) is 0 Å². The van der Waals surface area contributed by atoms with Crippen molar-refractivity contribution in [2.75, 3.05) is 26.7 Å². The summed E-state index contributed by atoms with van der Waals surface area (Å²) in [5.41, 5.74) is 0. The van der Waals surface area contributed by atoms with Crippen LogP contribution in [0.15, 0.2) is 0 Å². The molecule has 0 radical (unpaired) electrons. The van der Waals surface area contributed by atoms with Crippen LogP contribution in [-0.2, 0) is 4.74 Å². The Morgan fingerprint density at radius 3 is 2.57 bits per heavy atom. The van der Waals surface area contributed by atoms with Crippen LogP contribution in [0.3, 0.4) is 0 Å². The van der Waals surface area contributed by atoms with Crippen molar-refractivity contribution in [2.45, 2.75) is 45.6 Å². The van der Waals surface area contributed by atoms with Gasteiger partial charge in [0.1, 0.15) is 0 Å². The quantitative estimate of drug-likeness (QED) is 0.584. The predicted molar refractivity (Wildman–Crippen MR) is 60.5 cm³/mol. The van der Waals surface area contributed by atoms with E-state index in [1.807, 2.05) is 0 Å². The van der Waals surface area contributed by atoms with Crippen molar-refractivity contribution in [1.82, 2.24) is 4.90 Å². The Labute approximate surface area is 88.6 Å². The van der Waals surface area contributed by atoms with Crippen LogP contribution in [0.1, 0.15) is 39.5 Å². The number of ether oxygens (including phenoxy) is 1. The highest BCUT2D eigenvalue weighted by Crippen LogP contribution is 2.21. The molecule has 0 amide bonds. The molecule has 0 atom stereocenters. The molecule has 14 heavy (non-hydrogen) atoms. The van der Waals surface area contributed by atoms with Gasteiger partial charge in [-0.1, -0.05) is 13.8 Å². The first-order valence-corrected chi connectivity index (χ1v) is 5.98. The highest BCUT2D eigenvalue weighted by atomic mass is 16.5. The van der Waals surface area contributed by atoms with Crippen molar-refractivity contribution in [3.8, 4) is 0 Å². The molecule has 1 aliphatic rings. The zero-order valence-electron chi connectivity index (χ0n) is 9.96. The Morgan fingerprint density at radius 1 is 1.36 bits per heavy atom. The van der Waals surface area contributed by atoms with Crippen LogP contribution in [0.2, 0.25) is 0 Å². The number of rotatable bonds is 7. The third-order valence-electron chi connectivity index (χ3n) is 2.77. The minimum atomic E-state index is 0.602. The van der Waals surface area contributed by atoms with Crippen molar-refractivity contribution in [2.24, 2.45) is 5.92 Å². The molecule has 0 saturated heterocycles. The lowest BCUT2D eigenvalue weighted by molar-refractivity contribution is -0.00107. The zero-order chi connectivity index (χ0) is 10.4. The van der Waals surface area contributed by atoms with E-state index in [2.05, 4.69) is 25.8 Å². The molecule has 0 spiro atoms. The fourth-order valence-electron chi connectivity index (χ4n) is 1.84. The largest absolute Gasteiger partial charge is 0.378 e. The Balaban J connectivity index is 1.86. The Kier molecular flexibility index (Phi) is 5.49. The van der Waals surface area contributed by atoms with E-state index >= 15 is 0 Å². The average molecular weight is 199 g/mol. The molecular formula is C12H25NO. The summed E-state index contributed by atoms with van der Waals surface area (Å²) in [7, 11) is 2.20. The summed E-state index contributed by atoms with van der Waals surface area (Å²) < 4.78 is 5.71. The molecular weight excluding hydrogens is 174 g/mol. The van der Waals surface area contributed by atoms with Crippen molar-refractivity contribution < 1.29 is 4.74 Å². The lowest BCUT2D eigenvalue weighted by atomic mass is 9.96.